The van der Waals surface area contributed by atoms with Gasteiger partial charge in [-0.25, -0.2) is 13.1 Å². The van der Waals surface area contributed by atoms with Crippen molar-refractivity contribution in [1.82, 2.24) is 9.29 Å². The molecule has 0 amide bonds. The fourth-order valence-electron chi connectivity index (χ4n) is 1.53. The van der Waals surface area contributed by atoms with Crippen LogP contribution in [0.25, 0.3) is 0 Å². The van der Waals surface area contributed by atoms with E-state index in [1.165, 1.54) is 0 Å². The van der Waals surface area contributed by atoms with Crippen molar-refractivity contribution in [3.63, 3.8) is 0 Å². The first kappa shape index (κ1) is 15.2. The van der Waals surface area contributed by atoms with Crippen LogP contribution < -0.4 is 10.5 Å². The van der Waals surface area contributed by atoms with Gasteiger partial charge in [0.2, 0.25) is 10.0 Å². The first-order valence-corrected chi connectivity index (χ1v) is 7.34. The molecule has 6 nitrogen and oxygen atoms in total. The molecule has 104 valence electrons. The number of methoxy groups -OCH3 is 1. The Morgan fingerprint density at radius 1 is 1.56 bits per heavy atom. The van der Waals surface area contributed by atoms with Crippen LogP contribution in [0.3, 0.4) is 0 Å². The van der Waals surface area contributed by atoms with E-state index in [0.29, 0.717) is 13.1 Å². The number of nitrogens with zero attached hydrogens (tertiary/aromatic N) is 1. The third-order valence-corrected chi connectivity index (χ3v) is 4.17. The van der Waals surface area contributed by atoms with Gasteiger partial charge in [-0.15, -0.1) is 0 Å². The molecule has 0 spiro atoms. The van der Waals surface area contributed by atoms with E-state index in [1.807, 2.05) is 11.5 Å². The van der Waals surface area contributed by atoms with Gasteiger partial charge in [0, 0.05) is 38.6 Å². The molecule has 1 aromatic heterocycles. The summed E-state index contributed by atoms with van der Waals surface area (Å²) >= 11 is 0. The zero-order valence-corrected chi connectivity index (χ0v) is 11.8. The average molecular weight is 275 g/mol. The standard InChI is InChI=1S/C11H21N3O3S/c1-4-14-8-11(5-10(14)6-12)18(15,16)13-7-9(2)17-3/h5,8-9,13H,4,6-7,12H2,1-3H3. The summed E-state index contributed by atoms with van der Waals surface area (Å²) in [6.45, 7) is 4.99. The zero-order valence-electron chi connectivity index (χ0n) is 11.0. The van der Waals surface area contributed by atoms with Gasteiger partial charge in [0.25, 0.3) is 0 Å². The summed E-state index contributed by atoms with van der Waals surface area (Å²) in [5, 5.41) is 0. The van der Waals surface area contributed by atoms with Crippen molar-refractivity contribution in [3.05, 3.63) is 18.0 Å². The lowest BCUT2D eigenvalue weighted by atomic mass is 10.4. The summed E-state index contributed by atoms with van der Waals surface area (Å²) in [6, 6.07) is 1.60. The molecule has 1 rings (SSSR count). The Labute approximate surface area is 108 Å². The normalized spacial score (nSPS) is 13.8. The molecule has 0 aliphatic heterocycles. The molecule has 0 aliphatic rings. The number of nitrogens with two attached hydrogens (primary N) is 1. The van der Waals surface area contributed by atoms with Crippen molar-refractivity contribution in [3.8, 4) is 0 Å². The Hall–Kier alpha value is -0.890. The Morgan fingerprint density at radius 3 is 2.67 bits per heavy atom. The Bertz CT molecular complexity index is 460. The number of rotatable bonds is 7. The van der Waals surface area contributed by atoms with Crippen molar-refractivity contribution < 1.29 is 13.2 Å². The third-order valence-electron chi connectivity index (χ3n) is 2.78. The highest BCUT2D eigenvalue weighted by Crippen LogP contribution is 2.14. The number of nitrogens with one attached hydrogen (secondary N) is 1. The van der Waals surface area contributed by atoms with Crippen LogP contribution in [0.2, 0.25) is 0 Å². The topological polar surface area (TPSA) is 86.3 Å². The van der Waals surface area contributed by atoms with E-state index in [4.69, 9.17) is 10.5 Å². The first-order valence-electron chi connectivity index (χ1n) is 5.86. The minimum absolute atomic E-state index is 0.165. The van der Waals surface area contributed by atoms with E-state index in [1.54, 1.807) is 26.3 Å². The smallest absolute Gasteiger partial charge is 0.242 e. The molecular weight excluding hydrogens is 254 g/mol. The van der Waals surface area contributed by atoms with Crippen LogP contribution in [0.15, 0.2) is 17.2 Å². The lowest BCUT2D eigenvalue weighted by Gasteiger charge is -2.10. The molecule has 0 bridgehead atoms. The summed E-state index contributed by atoms with van der Waals surface area (Å²) in [5.74, 6) is 0. The minimum Gasteiger partial charge on any atom is -0.380 e. The quantitative estimate of drug-likeness (QED) is 0.748. The second kappa shape index (κ2) is 6.33. The van der Waals surface area contributed by atoms with E-state index < -0.39 is 10.0 Å². The summed E-state index contributed by atoms with van der Waals surface area (Å²) < 4.78 is 33.4. The average Bonchev–Trinajstić information content (AvgIpc) is 2.79. The first-order chi connectivity index (χ1) is 8.44. The van der Waals surface area contributed by atoms with Crippen LogP contribution in [0.4, 0.5) is 0 Å². The molecule has 1 unspecified atom stereocenters. The van der Waals surface area contributed by atoms with Crippen molar-refractivity contribution in [2.24, 2.45) is 5.73 Å². The largest absolute Gasteiger partial charge is 0.380 e. The molecule has 7 heteroatoms. The zero-order chi connectivity index (χ0) is 13.8. The fourth-order valence-corrected chi connectivity index (χ4v) is 2.71. The van der Waals surface area contributed by atoms with Gasteiger partial charge in [-0.3, -0.25) is 0 Å². The van der Waals surface area contributed by atoms with E-state index in [9.17, 15) is 8.42 Å². The second-order valence-electron chi connectivity index (χ2n) is 4.06. The summed E-state index contributed by atoms with van der Waals surface area (Å²) in [6.07, 6.45) is 1.43. The highest BCUT2D eigenvalue weighted by molar-refractivity contribution is 7.89. The molecule has 0 radical (unpaired) electrons. The van der Waals surface area contributed by atoms with Gasteiger partial charge in [0.15, 0.2) is 0 Å². The van der Waals surface area contributed by atoms with Gasteiger partial charge >= 0.3 is 0 Å². The van der Waals surface area contributed by atoms with Crippen LogP contribution >= 0.6 is 0 Å². The maximum atomic E-state index is 12.0. The van der Waals surface area contributed by atoms with Crippen LogP contribution in [-0.2, 0) is 27.8 Å². The van der Waals surface area contributed by atoms with Gasteiger partial charge < -0.3 is 15.0 Å². The van der Waals surface area contributed by atoms with Crippen molar-refractivity contribution in [1.29, 1.82) is 0 Å². The van der Waals surface area contributed by atoms with Crippen molar-refractivity contribution in [2.75, 3.05) is 13.7 Å². The number of ether oxygens (including phenoxy) is 1. The molecule has 1 atom stereocenters. The molecule has 0 fully saturated rings. The van der Waals surface area contributed by atoms with Gasteiger partial charge in [0.1, 0.15) is 0 Å². The van der Waals surface area contributed by atoms with Crippen LogP contribution in [0.5, 0.6) is 0 Å². The molecule has 1 aromatic rings. The number of aromatic nitrogens is 1. The number of sulfonamides is 1. The highest BCUT2D eigenvalue weighted by atomic mass is 32.2. The Kier molecular flexibility index (Phi) is 5.33. The van der Waals surface area contributed by atoms with E-state index >= 15 is 0 Å². The Balaban J connectivity index is 2.88. The second-order valence-corrected chi connectivity index (χ2v) is 5.82. The summed E-state index contributed by atoms with van der Waals surface area (Å²) in [5.41, 5.74) is 6.37. The maximum absolute atomic E-state index is 12.0. The molecule has 0 aromatic carbocycles. The van der Waals surface area contributed by atoms with Crippen molar-refractivity contribution >= 4 is 10.0 Å². The maximum Gasteiger partial charge on any atom is 0.242 e. The lowest BCUT2D eigenvalue weighted by molar-refractivity contribution is 0.122. The molecule has 0 saturated heterocycles. The summed E-state index contributed by atoms with van der Waals surface area (Å²) in [7, 11) is -1.95. The van der Waals surface area contributed by atoms with Crippen molar-refractivity contribution in [2.45, 2.75) is 37.9 Å². The van der Waals surface area contributed by atoms with Crippen LogP contribution in [-0.4, -0.2) is 32.7 Å². The monoisotopic (exact) mass is 275 g/mol. The molecular formula is C11H21N3O3S. The van der Waals surface area contributed by atoms with Gasteiger partial charge in [0.05, 0.1) is 11.0 Å². The molecule has 0 aliphatic carbocycles. The van der Waals surface area contributed by atoms with Crippen LogP contribution in [0.1, 0.15) is 19.5 Å². The molecule has 1 heterocycles. The molecule has 0 saturated carbocycles. The minimum atomic E-state index is -3.49. The van der Waals surface area contributed by atoms with E-state index in [-0.39, 0.29) is 17.5 Å². The number of hydrogen-bond donors (Lipinski definition) is 2. The number of hydrogen-bond acceptors (Lipinski definition) is 4. The fraction of sp³-hybridized carbons (Fsp3) is 0.636. The SMILES string of the molecule is CCn1cc(S(=O)(=O)NCC(C)OC)cc1CN. The molecule has 3 N–H and O–H groups in total. The van der Waals surface area contributed by atoms with Gasteiger partial charge in [-0.2, -0.15) is 0 Å². The van der Waals surface area contributed by atoms with Gasteiger partial charge in [-0.05, 0) is 19.9 Å². The Morgan fingerprint density at radius 2 is 2.22 bits per heavy atom. The highest BCUT2D eigenvalue weighted by Gasteiger charge is 2.18. The lowest BCUT2D eigenvalue weighted by Crippen LogP contribution is -2.31. The third kappa shape index (κ3) is 3.55. The molecule has 18 heavy (non-hydrogen) atoms. The number of aryl methyl sites for hydroxylation is 1. The van der Waals surface area contributed by atoms with Crippen LogP contribution in [0, 0.1) is 0 Å². The van der Waals surface area contributed by atoms with E-state index in [0.717, 1.165) is 5.69 Å². The van der Waals surface area contributed by atoms with Gasteiger partial charge in [-0.1, -0.05) is 0 Å². The van der Waals surface area contributed by atoms with E-state index in [2.05, 4.69) is 4.72 Å². The predicted molar refractivity (Wildman–Crippen MR) is 69.7 cm³/mol. The summed E-state index contributed by atoms with van der Waals surface area (Å²) in [4.78, 5) is 0.244. The predicted octanol–water partition coefficient (Wildman–Crippen LogP) is 0.280.